The molecule has 2 aliphatic rings. The van der Waals surface area contributed by atoms with Crippen molar-refractivity contribution in [3.8, 4) is 5.69 Å². The number of likely N-dealkylation sites (tertiary alicyclic amines) is 1. The minimum atomic E-state index is 0.0330. The van der Waals surface area contributed by atoms with Gasteiger partial charge in [-0.2, -0.15) is 20.0 Å². The van der Waals surface area contributed by atoms with Crippen molar-refractivity contribution in [1.29, 1.82) is 0 Å². The zero-order valence-electron chi connectivity index (χ0n) is 18.2. The second-order valence-electron chi connectivity index (χ2n) is 9.03. The van der Waals surface area contributed by atoms with Crippen LogP contribution in [0.4, 0.5) is 6.01 Å². The van der Waals surface area contributed by atoms with Crippen LogP contribution >= 0.6 is 11.6 Å². The molecule has 0 saturated carbocycles. The third kappa shape index (κ3) is 3.74. The summed E-state index contributed by atoms with van der Waals surface area (Å²) in [7, 11) is 0. The van der Waals surface area contributed by atoms with Gasteiger partial charge in [-0.15, -0.1) is 0 Å². The van der Waals surface area contributed by atoms with Gasteiger partial charge < -0.3 is 14.2 Å². The number of halogens is 1. The van der Waals surface area contributed by atoms with Gasteiger partial charge in [0.1, 0.15) is 5.52 Å². The number of carbonyl (C=O) groups is 1. The van der Waals surface area contributed by atoms with E-state index in [9.17, 15) is 4.79 Å². The zero-order valence-corrected chi connectivity index (χ0v) is 18.9. The first kappa shape index (κ1) is 20.2. The van der Waals surface area contributed by atoms with Gasteiger partial charge in [0.2, 0.25) is 0 Å². The van der Waals surface area contributed by atoms with Crippen LogP contribution < -0.4 is 4.90 Å². The fraction of sp³-hybridized carbons (Fsp3) is 0.333. The van der Waals surface area contributed by atoms with Crippen molar-refractivity contribution in [2.45, 2.75) is 13.3 Å². The van der Waals surface area contributed by atoms with Crippen LogP contribution in [0.5, 0.6) is 0 Å². The lowest BCUT2D eigenvalue weighted by Crippen LogP contribution is -2.54. The number of piperidine rings is 2. The summed E-state index contributed by atoms with van der Waals surface area (Å²) in [5.41, 5.74) is 3.89. The Balaban J connectivity index is 1.23. The van der Waals surface area contributed by atoms with Crippen molar-refractivity contribution in [2.24, 2.45) is 11.8 Å². The molecule has 2 aliphatic heterocycles. The number of hydrogen-bond acceptors (Lipinski definition) is 6. The van der Waals surface area contributed by atoms with E-state index in [1.165, 1.54) is 4.80 Å². The number of hydrogen-bond donors (Lipinski definition) is 0. The van der Waals surface area contributed by atoms with E-state index in [1.54, 1.807) is 12.4 Å². The topological polar surface area (TPSA) is 80.3 Å². The first-order valence-electron chi connectivity index (χ1n) is 11.1. The van der Waals surface area contributed by atoms with Gasteiger partial charge in [0.15, 0.2) is 5.58 Å². The molecular formula is C24H23ClN6O2. The molecule has 1 amide bonds. The van der Waals surface area contributed by atoms with E-state index in [0.29, 0.717) is 47.2 Å². The van der Waals surface area contributed by atoms with Gasteiger partial charge in [-0.05, 0) is 55.5 Å². The molecule has 2 aromatic carbocycles. The molecule has 4 aromatic rings. The fourth-order valence-corrected chi connectivity index (χ4v) is 5.30. The molecule has 2 saturated heterocycles. The highest BCUT2D eigenvalue weighted by molar-refractivity contribution is 6.31. The molecule has 0 radical (unpaired) electrons. The summed E-state index contributed by atoms with van der Waals surface area (Å²) in [5, 5.41) is 9.11. The van der Waals surface area contributed by atoms with E-state index in [-0.39, 0.29) is 5.91 Å². The number of aromatic nitrogens is 4. The van der Waals surface area contributed by atoms with Crippen molar-refractivity contribution < 1.29 is 9.21 Å². The smallest absolute Gasteiger partial charge is 0.298 e. The molecule has 168 valence electrons. The standard InChI is InChI=1S/C24H23ClN6O2/c1-15-2-4-21(31-26-6-7-27-31)19(8-15)23(32)29-11-16-9-17(12-29)14-30(13-16)24-28-20-10-18(25)3-5-22(20)33-24/h2-8,10,16-17H,9,11-14H2,1H3. The first-order valence-corrected chi connectivity index (χ1v) is 11.5. The van der Waals surface area contributed by atoms with Crippen LogP contribution in [0.1, 0.15) is 22.3 Å². The predicted molar refractivity (Wildman–Crippen MR) is 125 cm³/mol. The molecule has 2 bridgehead atoms. The van der Waals surface area contributed by atoms with E-state index in [2.05, 4.69) is 20.1 Å². The number of rotatable bonds is 3. The van der Waals surface area contributed by atoms with Crippen molar-refractivity contribution in [3.63, 3.8) is 0 Å². The Kier molecular flexibility index (Phi) is 4.83. The van der Waals surface area contributed by atoms with Crippen LogP contribution in [0.15, 0.2) is 53.2 Å². The number of fused-ring (bicyclic) bond motifs is 3. The van der Waals surface area contributed by atoms with Gasteiger partial charge in [-0.25, -0.2) is 0 Å². The Morgan fingerprint density at radius 1 is 1.03 bits per heavy atom. The largest absolute Gasteiger partial charge is 0.423 e. The van der Waals surface area contributed by atoms with E-state index in [0.717, 1.165) is 36.2 Å². The number of amides is 1. The number of benzene rings is 2. The molecule has 2 atom stereocenters. The highest BCUT2D eigenvalue weighted by Gasteiger charge is 2.38. The summed E-state index contributed by atoms with van der Waals surface area (Å²) in [5.74, 6) is 0.748. The van der Waals surface area contributed by atoms with E-state index in [1.807, 2.05) is 48.2 Å². The number of aryl methyl sites for hydroxylation is 1. The molecule has 0 N–H and O–H groups in total. The van der Waals surface area contributed by atoms with Crippen molar-refractivity contribution in [2.75, 3.05) is 31.1 Å². The average Bonchev–Trinajstić information content (AvgIpc) is 3.47. The van der Waals surface area contributed by atoms with Gasteiger partial charge in [0.25, 0.3) is 11.9 Å². The van der Waals surface area contributed by atoms with Crippen LogP contribution in [0.2, 0.25) is 5.02 Å². The average molecular weight is 463 g/mol. The third-order valence-corrected chi connectivity index (χ3v) is 6.73. The second kappa shape index (κ2) is 7.88. The predicted octanol–water partition coefficient (Wildman–Crippen LogP) is 3.97. The summed E-state index contributed by atoms with van der Waals surface area (Å²) < 4.78 is 6.00. The summed E-state index contributed by atoms with van der Waals surface area (Å²) >= 11 is 6.10. The molecule has 2 unspecified atom stereocenters. The Labute approximate surface area is 195 Å². The SMILES string of the molecule is Cc1ccc(-n2nccn2)c(C(=O)N2CC3CC(C2)CN(c2nc4cc(Cl)ccc4o2)C3)c1. The lowest BCUT2D eigenvalue weighted by Gasteiger charge is -2.45. The minimum Gasteiger partial charge on any atom is -0.423 e. The number of carbonyl (C=O) groups excluding carboxylic acids is 1. The lowest BCUT2D eigenvalue weighted by molar-refractivity contribution is 0.0561. The molecule has 33 heavy (non-hydrogen) atoms. The number of nitrogens with zero attached hydrogens (tertiary/aromatic N) is 6. The Morgan fingerprint density at radius 2 is 1.79 bits per heavy atom. The van der Waals surface area contributed by atoms with E-state index in [4.69, 9.17) is 16.0 Å². The minimum absolute atomic E-state index is 0.0330. The van der Waals surface area contributed by atoms with Crippen molar-refractivity contribution in [3.05, 3.63) is 64.9 Å². The normalized spacial score (nSPS) is 20.4. The van der Waals surface area contributed by atoms with Gasteiger partial charge in [-0.1, -0.05) is 23.2 Å². The third-order valence-electron chi connectivity index (χ3n) is 6.49. The Hall–Kier alpha value is -3.39. The summed E-state index contributed by atoms with van der Waals surface area (Å²) in [6, 6.07) is 11.9. The van der Waals surface area contributed by atoms with Crippen molar-refractivity contribution in [1.82, 2.24) is 24.9 Å². The van der Waals surface area contributed by atoms with Crippen LogP contribution in [0.25, 0.3) is 16.8 Å². The van der Waals surface area contributed by atoms with Gasteiger partial charge in [0, 0.05) is 31.2 Å². The molecule has 9 heteroatoms. The Morgan fingerprint density at radius 3 is 2.55 bits per heavy atom. The molecule has 4 heterocycles. The number of oxazole rings is 1. The summed E-state index contributed by atoms with van der Waals surface area (Å²) in [4.78, 5) is 24.0. The van der Waals surface area contributed by atoms with Crippen LogP contribution in [-0.4, -0.2) is 57.0 Å². The quantitative estimate of drug-likeness (QED) is 0.458. The van der Waals surface area contributed by atoms with E-state index >= 15 is 0 Å². The maximum atomic E-state index is 13.6. The molecule has 8 nitrogen and oxygen atoms in total. The second-order valence-corrected chi connectivity index (χ2v) is 9.47. The maximum absolute atomic E-state index is 13.6. The fourth-order valence-electron chi connectivity index (χ4n) is 5.13. The summed E-state index contributed by atoms with van der Waals surface area (Å²) in [6.07, 6.45) is 4.34. The molecule has 0 aliphatic carbocycles. The Bertz CT molecular complexity index is 1320. The van der Waals surface area contributed by atoms with Crippen molar-refractivity contribution >= 4 is 34.6 Å². The van der Waals surface area contributed by atoms with Crippen LogP contribution in [0.3, 0.4) is 0 Å². The van der Waals surface area contributed by atoms with Gasteiger partial charge in [0.05, 0.1) is 23.6 Å². The highest BCUT2D eigenvalue weighted by Crippen LogP contribution is 2.34. The first-order chi connectivity index (χ1) is 16.0. The molecule has 2 aromatic heterocycles. The zero-order chi connectivity index (χ0) is 22.5. The van der Waals surface area contributed by atoms with Gasteiger partial charge in [-0.3, -0.25) is 4.79 Å². The van der Waals surface area contributed by atoms with Gasteiger partial charge >= 0.3 is 0 Å². The van der Waals surface area contributed by atoms with E-state index < -0.39 is 0 Å². The monoisotopic (exact) mass is 462 g/mol. The highest BCUT2D eigenvalue weighted by atomic mass is 35.5. The molecule has 6 rings (SSSR count). The van der Waals surface area contributed by atoms with Crippen LogP contribution in [-0.2, 0) is 0 Å². The maximum Gasteiger partial charge on any atom is 0.298 e. The molecule has 0 spiro atoms. The number of anilines is 1. The summed E-state index contributed by atoms with van der Waals surface area (Å²) in [6.45, 7) is 5.02. The lowest BCUT2D eigenvalue weighted by atomic mass is 9.84. The van der Waals surface area contributed by atoms with Crippen LogP contribution in [0, 0.1) is 18.8 Å². The molecule has 2 fully saturated rings. The molecular weight excluding hydrogens is 440 g/mol.